The molecule has 2 rings (SSSR count). The Balaban J connectivity index is 1.93. The molecular formula is C11H19NO4S. The summed E-state index contributed by atoms with van der Waals surface area (Å²) in [6.07, 6.45) is 3.72. The molecule has 1 saturated heterocycles. The number of sulfonamides is 1. The molecule has 17 heavy (non-hydrogen) atoms. The van der Waals surface area contributed by atoms with Crippen molar-refractivity contribution in [3.8, 4) is 0 Å². The van der Waals surface area contributed by atoms with Crippen molar-refractivity contribution in [1.82, 2.24) is 4.31 Å². The molecule has 1 N–H and O–H groups in total. The topological polar surface area (TPSA) is 74.7 Å². The van der Waals surface area contributed by atoms with Gasteiger partial charge in [-0.05, 0) is 37.5 Å². The fourth-order valence-corrected chi connectivity index (χ4v) is 4.37. The van der Waals surface area contributed by atoms with E-state index in [0.717, 1.165) is 25.7 Å². The van der Waals surface area contributed by atoms with Crippen LogP contribution in [0, 0.1) is 11.8 Å². The van der Waals surface area contributed by atoms with Crippen LogP contribution in [0.1, 0.15) is 32.1 Å². The van der Waals surface area contributed by atoms with Crippen molar-refractivity contribution in [3.05, 3.63) is 0 Å². The molecule has 0 amide bonds. The lowest BCUT2D eigenvalue weighted by atomic mass is 9.96. The van der Waals surface area contributed by atoms with Gasteiger partial charge in [0.2, 0.25) is 10.0 Å². The smallest absolute Gasteiger partial charge is 0.303 e. The van der Waals surface area contributed by atoms with Crippen LogP contribution in [0.25, 0.3) is 0 Å². The number of carbonyl (C=O) groups is 1. The number of nitrogens with zero attached hydrogens (tertiary/aromatic N) is 1. The van der Waals surface area contributed by atoms with Crippen molar-refractivity contribution in [2.45, 2.75) is 32.1 Å². The molecule has 1 saturated carbocycles. The van der Waals surface area contributed by atoms with Crippen LogP contribution in [0.2, 0.25) is 0 Å². The van der Waals surface area contributed by atoms with Gasteiger partial charge in [-0.1, -0.05) is 0 Å². The third-order valence-electron chi connectivity index (χ3n) is 3.48. The first kappa shape index (κ1) is 12.8. The van der Waals surface area contributed by atoms with Crippen LogP contribution in [-0.4, -0.2) is 42.6 Å². The van der Waals surface area contributed by atoms with Gasteiger partial charge in [-0.2, -0.15) is 0 Å². The van der Waals surface area contributed by atoms with E-state index in [4.69, 9.17) is 5.11 Å². The first-order chi connectivity index (χ1) is 7.97. The average molecular weight is 261 g/mol. The highest BCUT2D eigenvalue weighted by atomic mass is 32.2. The lowest BCUT2D eigenvalue weighted by Crippen LogP contribution is -2.41. The van der Waals surface area contributed by atoms with Crippen molar-refractivity contribution < 1.29 is 18.3 Å². The number of hydrogen-bond acceptors (Lipinski definition) is 3. The van der Waals surface area contributed by atoms with E-state index in [0.29, 0.717) is 19.0 Å². The maximum absolute atomic E-state index is 12.0. The minimum absolute atomic E-state index is 0.0183. The highest BCUT2D eigenvalue weighted by Gasteiger charge is 2.34. The Kier molecular flexibility index (Phi) is 3.73. The maximum atomic E-state index is 12.0. The minimum atomic E-state index is -3.15. The zero-order chi connectivity index (χ0) is 12.5. The number of piperidine rings is 1. The first-order valence-electron chi connectivity index (χ1n) is 6.17. The number of carboxylic acid groups (broad SMARTS) is 1. The van der Waals surface area contributed by atoms with E-state index < -0.39 is 16.0 Å². The van der Waals surface area contributed by atoms with Crippen molar-refractivity contribution in [1.29, 1.82) is 0 Å². The summed E-state index contributed by atoms with van der Waals surface area (Å²) in [4.78, 5) is 10.6. The SMILES string of the molecule is O=C(O)CC1CCCN(S(=O)(=O)CC2CC2)C1. The van der Waals surface area contributed by atoms with E-state index in [9.17, 15) is 13.2 Å². The van der Waals surface area contributed by atoms with Gasteiger partial charge in [-0.15, -0.1) is 0 Å². The highest BCUT2D eigenvalue weighted by molar-refractivity contribution is 7.89. The molecule has 0 aromatic rings. The van der Waals surface area contributed by atoms with Crippen LogP contribution in [0.3, 0.4) is 0 Å². The average Bonchev–Trinajstić information content (AvgIpc) is 3.00. The molecular weight excluding hydrogens is 242 g/mol. The quantitative estimate of drug-likeness (QED) is 0.798. The predicted octanol–water partition coefficient (Wildman–Crippen LogP) is 0.913. The van der Waals surface area contributed by atoms with Gasteiger partial charge in [0.15, 0.2) is 0 Å². The molecule has 1 unspecified atom stereocenters. The minimum Gasteiger partial charge on any atom is -0.481 e. The zero-order valence-corrected chi connectivity index (χ0v) is 10.7. The van der Waals surface area contributed by atoms with Crippen LogP contribution in [0.15, 0.2) is 0 Å². The predicted molar refractivity (Wildman–Crippen MR) is 63.1 cm³/mol. The number of hydrogen-bond donors (Lipinski definition) is 1. The summed E-state index contributed by atoms with van der Waals surface area (Å²) in [6, 6.07) is 0. The van der Waals surface area contributed by atoms with Crippen molar-refractivity contribution in [2.24, 2.45) is 11.8 Å². The van der Waals surface area contributed by atoms with Crippen LogP contribution in [0.4, 0.5) is 0 Å². The lowest BCUT2D eigenvalue weighted by molar-refractivity contribution is -0.138. The fourth-order valence-electron chi connectivity index (χ4n) is 2.38. The van der Waals surface area contributed by atoms with Gasteiger partial charge in [0, 0.05) is 19.5 Å². The number of aliphatic carboxylic acids is 1. The molecule has 1 aliphatic carbocycles. The number of rotatable bonds is 5. The van der Waals surface area contributed by atoms with E-state index in [1.165, 1.54) is 4.31 Å². The number of carboxylic acids is 1. The molecule has 5 nitrogen and oxygen atoms in total. The van der Waals surface area contributed by atoms with Crippen molar-refractivity contribution in [2.75, 3.05) is 18.8 Å². The Morgan fingerprint density at radius 2 is 1.94 bits per heavy atom. The Morgan fingerprint density at radius 3 is 2.53 bits per heavy atom. The van der Waals surface area contributed by atoms with Crippen LogP contribution in [0.5, 0.6) is 0 Å². The largest absolute Gasteiger partial charge is 0.481 e. The van der Waals surface area contributed by atoms with E-state index in [-0.39, 0.29) is 18.1 Å². The second-order valence-corrected chi connectivity index (χ2v) is 7.20. The van der Waals surface area contributed by atoms with E-state index in [2.05, 4.69) is 0 Å². The first-order valence-corrected chi connectivity index (χ1v) is 7.78. The second kappa shape index (κ2) is 4.94. The molecule has 6 heteroatoms. The third kappa shape index (κ3) is 3.67. The molecule has 0 spiro atoms. The molecule has 0 aromatic heterocycles. The van der Waals surface area contributed by atoms with E-state index in [1.807, 2.05) is 0 Å². The van der Waals surface area contributed by atoms with Crippen LogP contribution < -0.4 is 0 Å². The summed E-state index contributed by atoms with van der Waals surface area (Å²) < 4.78 is 25.6. The Labute approximate surface area is 102 Å². The van der Waals surface area contributed by atoms with Gasteiger partial charge in [-0.3, -0.25) is 4.79 Å². The molecule has 1 heterocycles. The molecule has 0 bridgehead atoms. The molecule has 1 atom stereocenters. The van der Waals surface area contributed by atoms with Crippen LogP contribution >= 0.6 is 0 Å². The van der Waals surface area contributed by atoms with Crippen molar-refractivity contribution in [3.63, 3.8) is 0 Å². The van der Waals surface area contributed by atoms with Gasteiger partial charge in [-0.25, -0.2) is 12.7 Å². The zero-order valence-electron chi connectivity index (χ0n) is 9.84. The van der Waals surface area contributed by atoms with Gasteiger partial charge in [0.25, 0.3) is 0 Å². The normalized spacial score (nSPS) is 26.9. The third-order valence-corrected chi connectivity index (χ3v) is 5.49. The van der Waals surface area contributed by atoms with Gasteiger partial charge >= 0.3 is 5.97 Å². The molecule has 2 aliphatic rings. The summed E-state index contributed by atoms with van der Waals surface area (Å²) in [5, 5.41) is 8.74. The molecule has 0 aromatic carbocycles. The Bertz CT molecular complexity index is 388. The standard InChI is InChI=1S/C11H19NO4S/c13-11(14)6-10-2-1-5-12(7-10)17(15,16)8-9-3-4-9/h9-10H,1-8H2,(H,13,14). The Hall–Kier alpha value is -0.620. The second-order valence-electron chi connectivity index (χ2n) is 5.19. The molecule has 98 valence electrons. The van der Waals surface area contributed by atoms with Crippen LogP contribution in [-0.2, 0) is 14.8 Å². The molecule has 0 radical (unpaired) electrons. The summed E-state index contributed by atoms with van der Waals surface area (Å²) in [5.41, 5.74) is 0. The Morgan fingerprint density at radius 1 is 1.24 bits per heavy atom. The fraction of sp³-hybridized carbons (Fsp3) is 0.909. The highest BCUT2D eigenvalue weighted by Crippen LogP contribution is 2.32. The summed E-state index contributed by atoms with van der Waals surface area (Å²) in [6.45, 7) is 0.951. The van der Waals surface area contributed by atoms with Gasteiger partial charge < -0.3 is 5.11 Å². The summed E-state index contributed by atoms with van der Waals surface area (Å²) >= 11 is 0. The monoisotopic (exact) mass is 261 g/mol. The molecule has 1 aliphatic heterocycles. The van der Waals surface area contributed by atoms with Gasteiger partial charge in [0.1, 0.15) is 0 Å². The summed E-state index contributed by atoms with van der Waals surface area (Å²) in [5.74, 6) is -0.251. The maximum Gasteiger partial charge on any atom is 0.303 e. The molecule has 2 fully saturated rings. The lowest BCUT2D eigenvalue weighted by Gasteiger charge is -2.31. The summed E-state index contributed by atoms with van der Waals surface area (Å²) in [7, 11) is -3.15. The van der Waals surface area contributed by atoms with E-state index >= 15 is 0 Å². The van der Waals surface area contributed by atoms with E-state index in [1.54, 1.807) is 0 Å². The van der Waals surface area contributed by atoms with Crippen molar-refractivity contribution >= 4 is 16.0 Å². The van der Waals surface area contributed by atoms with Gasteiger partial charge in [0.05, 0.1) is 5.75 Å².